The predicted molar refractivity (Wildman–Crippen MR) is 89.5 cm³/mol. The molecular formula is C19H36O2. The lowest BCUT2D eigenvalue weighted by Crippen LogP contribution is -2.13. The van der Waals surface area contributed by atoms with E-state index in [2.05, 4.69) is 13.8 Å². The number of unbranched alkanes of at least 4 members (excludes halogenated alkanes) is 7. The normalized spacial score (nSPS) is 17.6. The quantitative estimate of drug-likeness (QED) is 0.388. The van der Waals surface area contributed by atoms with Crippen LogP contribution in [0.4, 0.5) is 0 Å². The van der Waals surface area contributed by atoms with Gasteiger partial charge in [0, 0.05) is 6.42 Å². The molecule has 0 bridgehead atoms. The Bertz CT molecular complexity index is 281. The maximum atomic E-state index is 10.4. The first-order chi connectivity index (χ1) is 10.1. The van der Waals surface area contributed by atoms with Crippen LogP contribution in [0, 0.1) is 11.3 Å². The Hall–Kier alpha value is -0.530. The lowest BCUT2D eigenvalue weighted by atomic mass is 9.82. The molecule has 1 aliphatic rings. The van der Waals surface area contributed by atoms with Crippen LogP contribution < -0.4 is 0 Å². The monoisotopic (exact) mass is 296 g/mol. The number of hydrogen-bond donors (Lipinski definition) is 1. The highest BCUT2D eigenvalue weighted by Gasteiger charge is 2.45. The summed E-state index contributed by atoms with van der Waals surface area (Å²) in [4.78, 5) is 10.4. The minimum Gasteiger partial charge on any atom is -0.481 e. The van der Waals surface area contributed by atoms with E-state index < -0.39 is 5.97 Å². The molecule has 0 spiro atoms. The first-order valence-corrected chi connectivity index (χ1v) is 9.32. The van der Waals surface area contributed by atoms with Gasteiger partial charge in [0.25, 0.3) is 0 Å². The molecule has 21 heavy (non-hydrogen) atoms. The SMILES string of the molecule is CCCCCCC(C)C1(CCCCCCCC(=O)O)CC1. The van der Waals surface area contributed by atoms with Gasteiger partial charge in [0.2, 0.25) is 0 Å². The number of carboxylic acids is 1. The Balaban J connectivity index is 2.01. The molecule has 2 nitrogen and oxygen atoms in total. The minimum atomic E-state index is -0.649. The fourth-order valence-corrected chi connectivity index (χ4v) is 3.62. The van der Waals surface area contributed by atoms with Crippen molar-refractivity contribution >= 4 is 5.97 Å². The molecule has 0 aromatic rings. The maximum Gasteiger partial charge on any atom is 0.303 e. The first kappa shape index (κ1) is 18.5. The van der Waals surface area contributed by atoms with E-state index in [4.69, 9.17) is 5.11 Å². The van der Waals surface area contributed by atoms with Crippen molar-refractivity contribution in [2.45, 2.75) is 104 Å². The summed E-state index contributed by atoms with van der Waals surface area (Å²) in [5.41, 5.74) is 0.702. The minimum absolute atomic E-state index is 0.346. The van der Waals surface area contributed by atoms with Gasteiger partial charge in [-0.05, 0) is 37.0 Å². The zero-order valence-corrected chi connectivity index (χ0v) is 14.3. The molecule has 1 atom stereocenters. The average molecular weight is 296 g/mol. The Labute approximate surface area is 131 Å². The van der Waals surface area contributed by atoms with Crippen LogP contribution >= 0.6 is 0 Å². The van der Waals surface area contributed by atoms with E-state index in [-0.39, 0.29) is 0 Å². The number of aliphatic carboxylic acids is 1. The van der Waals surface area contributed by atoms with E-state index in [0.29, 0.717) is 11.8 Å². The summed E-state index contributed by atoms with van der Waals surface area (Å²) in [6, 6.07) is 0. The fourth-order valence-electron chi connectivity index (χ4n) is 3.62. The van der Waals surface area contributed by atoms with Gasteiger partial charge in [-0.15, -0.1) is 0 Å². The van der Waals surface area contributed by atoms with Crippen LogP contribution in [-0.2, 0) is 4.79 Å². The largest absolute Gasteiger partial charge is 0.481 e. The Morgan fingerprint density at radius 3 is 2.24 bits per heavy atom. The smallest absolute Gasteiger partial charge is 0.303 e. The molecule has 0 aromatic heterocycles. The number of carboxylic acid groups (broad SMARTS) is 1. The molecule has 1 saturated carbocycles. The van der Waals surface area contributed by atoms with Crippen LogP contribution in [0.15, 0.2) is 0 Å². The molecule has 124 valence electrons. The van der Waals surface area contributed by atoms with E-state index in [1.54, 1.807) is 0 Å². The van der Waals surface area contributed by atoms with Gasteiger partial charge in [-0.1, -0.05) is 71.6 Å². The summed E-state index contributed by atoms with van der Waals surface area (Å²) >= 11 is 0. The highest BCUT2D eigenvalue weighted by atomic mass is 16.4. The number of rotatable bonds is 14. The van der Waals surface area contributed by atoms with Crippen molar-refractivity contribution in [1.29, 1.82) is 0 Å². The molecule has 0 heterocycles. The van der Waals surface area contributed by atoms with E-state index in [1.807, 2.05) is 0 Å². The molecule has 0 amide bonds. The van der Waals surface area contributed by atoms with Gasteiger partial charge in [0.1, 0.15) is 0 Å². The van der Waals surface area contributed by atoms with Crippen LogP contribution in [0.1, 0.15) is 104 Å². The van der Waals surface area contributed by atoms with Gasteiger partial charge >= 0.3 is 5.97 Å². The van der Waals surface area contributed by atoms with Crippen molar-refractivity contribution in [3.8, 4) is 0 Å². The number of hydrogen-bond acceptors (Lipinski definition) is 1. The molecular weight excluding hydrogens is 260 g/mol. The van der Waals surface area contributed by atoms with Crippen molar-refractivity contribution in [2.24, 2.45) is 11.3 Å². The van der Waals surface area contributed by atoms with Gasteiger partial charge in [-0.3, -0.25) is 4.79 Å². The Morgan fingerprint density at radius 1 is 1.00 bits per heavy atom. The van der Waals surface area contributed by atoms with Gasteiger partial charge in [-0.2, -0.15) is 0 Å². The molecule has 1 unspecified atom stereocenters. The summed E-state index contributed by atoms with van der Waals surface area (Å²) in [5.74, 6) is 0.269. The van der Waals surface area contributed by atoms with Crippen LogP contribution in [0.5, 0.6) is 0 Å². The summed E-state index contributed by atoms with van der Waals surface area (Å²) in [7, 11) is 0. The molecule has 1 aliphatic carbocycles. The second kappa shape index (κ2) is 10.2. The lowest BCUT2D eigenvalue weighted by Gasteiger charge is -2.23. The highest BCUT2D eigenvalue weighted by Crippen LogP contribution is 2.57. The summed E-state index contributed by atoms with van der Waals surface area (Å²) in [6.07, 6.45) is 17.5. The zero-order valence-electron chi connectivity index (χ0n) is 14.3. The van der Waals surface area contributed by atoms with Crippen LogP contribution in [-0.4, -0.2) is 11.1 Å². The van der Waals surface area contributed by atoms with Crippen molar-refractivity contribution in [3.63, 3.8) is 0 Å². The van der Waals surface area contributed by atoms with Gasteiger partial charge < -0.3 is 5.11 Å². The highest BCUT2D eigenvalue weighted by molar-refractivity contribution is 5.66. The van der Waals surface area contributed by atoms with Crippen molar-refractivity contribution in [3.05, 3.63) is 0 Å². The second-order valence-electron chi connectivity index (χ2n) is 7.27. The molecule has 1 fully saturated rings. The van der Waals surface area contributed by atoms with E-state index in [9.17, 15) is 4.79 Å². The summed E-state index contributed by atoms with van der Waals surface area (Å²) < 4.78 is 0. The number of carbonyl (C=O) groups is 1. The zero-order chi connectivity index (χ0) is 15.6. The Morgan fingerprint density at radius 2 is 1.62 bits per heavy atom. The standard InChI is InChI=1S/C19H36O2/c1-3-4-5-9-12-17(2)19(15-16-19)14-11-8-6-7-10-13-18(20)21/h17H,3-16H2,1-2H3,(H,20,21). The first-order valence-electron chi connectivity index (χ1n) is 9.32. The third-order valence-electron chi connectivity index (χ3n) is 5.49. The lowest BCUT2D eigenvalue weighted by molar-refractivity contribution is -0.137. The van der Waals surface area contributed by atoms with E-state index >= 15 is 0 Å². The third kappa shape index (κ3) is 7.87. The fraction of sp³-hybridized carbons (Fsp3) is 0.947. The van der Waals surface area contributed by atoms with Crippen LogP contribution in [0.25, 0.3) is 0 Å². The Kier molecular flexibility index (Phi) is 9.03. The van der Waals surface area contributed by atoms with Crippen molar-refractivity contribution in [1.82, 2.24) is 0 Å². The molecule has 0 aromatic carbocycles. The van der Waals surface area contributed by atoms with Gasteiger partial charge in [0.05, 0.1) is 0 Å². The second-order valence-corrected chi connectivity index (χ2v) is 7.27. The third-order valence-corrected chi connectivity index (χ3v) is 5.49. The molecule has 0 aliphatic heterocycles. The topological polar surface area (TPSA) is 37.3 Å². The van der Waals surface area contributed by atoms with Crippen LogP contribution in [0.3, 0.4) is 0 Å². The van der Waals surface area contributed by atoms with E-state index in [1.165, 1.54) is 70.6 Å². The maximum absolute atomic E-state index is 10.4. The molecule has 0 saturated heterocycles. The molecule has 2 heteroatoms. The van der Waals surface area contributed by atoms with Crippen molar-refractivity contribution < 1.29 is 9.90 Å². The van der Waals surface area contributed by atoms with Crippen LogP contribution in [0.2, 0.25) is 0 Å². The van der Waals surface area contributed by atoms with Gasteiger partial charge in [-0.25, -0.2) is 0 Å². The molecule has 1 N–H and O–H groups in total. The van der Waals surface area contributed by atoms with Gasteiger partial charge in [0.15, 0.2) is 0 Å². The van der Waals surface area contributed by atoms with E-state index in [0.717, 1.165) is 18.8 Å². The average Bonchev–Trinajstić information content (AvgIpc) is 3.23. The summed E-state index contributed by atoms with van der Waals surface area (Å²) in [5, 5.41) is 8.60. The summed E-state index contributed by atoms with van der Waals surface area (Å²) in [6.45, 7) is 4.76. The molecule has 0 radical (unpaired) electrons. The molecule has 1 rings (SSSR count). The van der Waals surface area contributed by atoms with Crippen molar-refractivity contribution in [2.75, 3.05) is 0 Å². The predicted octanol–water partition coefficient (Wildman–Crippen LogP) is 6.19.